The molecular weight excluding hydrogens is 528 g/mol. The summed E-state index contributed by atoms with van der Waals surface area (Å²) in [6, 6.07) is 25.4. The topological polar surface area (TPSA) is 66.7 Å². The Labute approximate surface area is 244 Å². The van der Waals surface area contributed by atoms with E-state index in [9.17, 15) is 9.59 Å². The Morgan fingerprint density at radius 1 is 0.976 bits per heavy atom. The smallest absolute Gasteiger partial charge is 0.271 e. The normalized spacial score (nSPS) is 17.1. The first kappa shape index (κ1) is 27.0. The third-order valence-corrected chi connectivity index (χ3v) is 8.86. The molecule has 41 heavy (non-hydrogen) atoms. The van der Waals surface area contributed by atoms with Crippen molar-refractivity contribution in [3.63, 3.8) is 0 Å². The lowest BCUT2D eigenvalue weighted by molar-refractivity contribution is -0.113. The second-order valence-corrected chi connectivity index (χ2v) is 12.0. The van der Waals surface area contributed by atoms with E-state index in [0.717, 1.165) is 24.2 Å². The van der Waals surface area contributed by atoms with Crippen molar-refractivity contribution in [1.82, 2.24) is 4.57 Å². The number of thiazole rings is 1. The molecule has 6 nitrogen and oxygen atoms in total. The van der Waals surface area contributed by atoms with Crippen LogP contribution in [-0.4, -0.2) is 23.6 Å². The standard InChI is InChI=1S/C34H34N4O2S/c1-22(2)25-13-15-26(16-14-25)31-30(32(39)36-27-9-5-4-6-10-27)23(3)35-34-38(31)33(40)29(41-34)21-24-11-17-28(18-12-24)37-19-7-8-20-37/h4-6,9-18,21-22,31H,7-8,19-20H2,1-3H3,(H,36,39)/b29-21+/t31-/m1/s1. The summed E-state index contributed by atoms with van der Waals surface area (Å²) in [4.78, 5) is 35.5. The molecule has 0 spiro atoms. The predicted molar refractivity (Wildman–Crippen MR) is 167 cm³/mol. The molecule has 1 atom stereocenters. The molecule has 1 aromatic heterocycles. The fourth-order valence-electron chi connectivity index (χ4n) is 5.62. The van der Waals surface area contributed by atoms with Crippen molar-refractivity contribution in [2.75, 3.05) is 23.3 Å². The van der Waals surface area contributed by atoms with E-state index in [4.69, 9.17) is 4.99 Å². The van der Waals surface area contributed by atoms with E-state index in [2.05, 4.69) is 60.5 Å². The Morgan fingerprint density at radius 3 is 2.32 bits per heavy atom. The first-order valence-electron chi connectivity index (χ1n) is 14.2. The third kappa shape index (κ3) is 5.42. The van der Waals surface area contributed by atoms with Gasteiger partial charge in [-0.05, 0) is 72.7 Å². The number of allylic oxidation sites excluding steroid dienone is 1. The molecule has 2 aliphatic heterocycles. The number of para-hydroxylation sites is 1. The number of rotatable bonds is 6. The van der Waals surface area contributed by atoms with Gasteiger partial charge in [0, 0.05) is 24.5 Å². The van der Waals surface area contributed by atoms with Crippen LogP contribution in [0.3, 0.4) is 0 Å². The van der Waals surface area contributed by atoms with Crippen LogP contribution in [0.4, 0.5) is 11.4 Å². The van der Waals surface area contributed by atoms with Crippen LogP contribution in [0.15, 0.2) is 99.9 Å². The van der Waals surface area contributed by atoms with E-state index in [1.165, 1.54) is 35.4 Å². The second kappa shape index (κ2) is 11.3. The molecule has 4 aromatic rings. The van der Waals surface area contributed by atoms with Crippen molar-refractivity contribution < 1.29 is 4.79 Å². The Morgan fingerprint density at radius 2 is 1.66 bits per heavy atom. The average molecular weight is 563 g/mol. The average Bonchev–Trinajstić information content (AvgIpc) is 3.62. The van der Waals surface area contributed by atoms with Crippen molar-refractivity contribution in [3.8, 4) is 0 Å². The van der Waals surface area contributed by atoms with E-state index in [-0.39, 0.29) is 11.5 Å². The lowest BCUT2D eigenvalue weighted by Crippen LogP contribution is -2.40. The van der Waals surface area contributed by atoms with Crippen LogP contribution in [0.1, 0.15) is 62.3 Å². The first-order chi connectivity index (χ1) is 19.9. The molecule has 0 bridgehead atoms. The van der Waals surface area contributed by atoms with Crippen LogP contribution in [0.2, 0.25) is 0 Å². The molecule has 0 saturated carbocycles. The molecule has 0 aliphatic carbocycles. The molecule has 0 unspecified atom stereocenters. The number of hydrogen-bond donors (Lipinski definition) is 1. The number of carbonyl (C=O) groups excluding carboxylic acids is 1. The monoisotopic (exact) mass is 562 g/mol. The van der Waals surface area contributed by atoms with Crippen LogP contribution >= 0.6 is 11.3 Å². The van der Waals surface area contributed by atoms with Crippen LogP contribution < -0.4 is 25.1 Å². The maximum absolute atomic E-state index is 14.0. The zero-order chi connectivity index (χ0) is 28.5. The minimum Gasteiger partial charge on any atom is -0.372 e. The van der Waals surface area contributed by atoms with Crippen LogP contribution in [-0.2, 0) is 4.79 Å². The summed E-state index contributed by atoms with van der Waals surface area (Å²) in [5.74, 6) is 0.114. The minimum absolute atomic E-state index is 0.146. The second-order valence-electron chi connectivity index (χ2n) is 11.0. The van der Waals surface area contributed by atoms with E-state index in [0.29, 0.717) is 32.2 Å². The highest BCUT2D eigenvalue weighted by atomic mass is 32.1. The summed E-state index contributed by atoms with van der Waals surface area (Å²) < 4.78 is 2.28. The van der Waals surface area contributed by atoms with Crippen LogP contribution in [0, 0.1) is 0 Å². The molecule has 6 rings (SSSR count). The van der Waals surface area contributed by atoms with Gasteiger partial charge in [-0.25, -0.2) is 4.99 Å². The largest absolute Gasteiger partial charge is 0.372 e. The number of aromatic nitrogens is 1. The fourth-order valence-corrected chi connectivity index (χ4v) is 6.67. The van der Waals surface area contributed by atoms with Crippen molar-refractivity contribution in [2.24, 2.45) is 4.99 Å². The zero-order valence-corrected chi connectivity index (χ0v) is 24.4. The molecule has 2 aliphatic rings. The molecule has 0 radical (unpaired) electrons. The van der Waals surface area contributed by atoms with Crippen molar-refractivity contribution >= 4 is 34.7 Å². The van der Waals surface area contributed by atoms with Gasteiger partial charge in [-0.2, -0.15) is 0 Å². The first-order valence-corrected chi connectivity index (χ1v) is 15.0. The van der Waals surface area contributed by atoms with Gasteiger partial charge in [0.2, 0.25) is 0 Å². The quantitative estimate of drug-likeness (QED) is 0.333. The highest BCUT2D eigenvalue weighted by Gasteiger charge is 2.32. The van der Waals surface area contributed by atoms with Crippen LogP contribution in [0.25, 0.3) is 6.08 Å². The Bertz CT molecular complexity index is 1780. The molecule has 3 aromatic carbocycles. The number of nitrogens with zero attached hydrogens (tertiary/aromatic N) is 3. The number of amides is 1. The number of hydrogen-bond acceptors (Lipinski definition) is 5. The Kier molecular flexibility index (Phi) is 7.45. The summed E-state index contributed by atoms with van der Waals surface area (Å²) in [7, 11) is 0. The number of nitrogens with one attached hydrogen (secondary N) is 1. The van der Waals surface area contributed by atoms with Crippen molar-refractivity contribution in [2.45, 2.75) is 45.6 Å². The van der Waals surface area contributed by atoms with Gasteiger partial charge in [-0.3, -0.25) is 14.2 Å². The summed E-state index contributed by atoms with van der Waals surface area (Å²) in [5, 5.41) is 3.02. The predicted octanol–water partition coefficient (Wildman–Crippen LogP) is 5.60. The van der Waals surface area contributed by atoms with E-state index >= 15 is 0 Å². The summed E-state index contributed by atoms with van der Waals surface area (Å²) in [6.07, 6.45) is 4.39. The molecular formula is C34H34N4O2S. The highest BCUT2D eigenvalue weighted by Crippen LogP contribution is 2.31. The van der Waals surface area contributed by atoms with Gasteiger partial charge < -0.3 is 10.2 Å². The number of benzene rings is 3. The van der Waals surface area contributed by atoms with E-state index in [1.54, 1.807) is 4.57 Å². The van der Waals surface area contributed by atoms with Gasteiger partial charge in [-0.1, -0.05) is 79.8 Å². The van der Waals surface area contributed by atoms with Crippen LogP contribution in [0.5, 0.6) is 0 Å². The van der Waals surface area contributed by atoms with Gasteiger partial charge in [0.25, 0.3) is 11.5 Å². The van der Waals surface area contributed by atoms with E-state index < -0.39 is 6.04 Å². The van der Waals surface area contributed by atoms with Gasteiger partial charge >= 0.3 is 0 Å². The van der Waals surface area contributed by atoms with Gasteiger partial charge in [0.1, 0.15) is 0 Å². The van der Waals surface area contributed by atoms with Crippen molar-refractivity contribution in [3.05, 3.63) is 127 Å². The fraction of sp³-hybridized carbons (Fsp3) is 0.265. The SMILES string of the molecule is CC1=C(C(=O)Nc2ccccc2)[C@@H](c2ccc(C(C)C)cc2)n2c(s/c(=C/c3ccc(N4CCCC4)cc3)c2=O)=N1. The Hall–Kier alpha value is -4.23. The maximum Gasteiger partial charge on any atom is 0.271 e. The molecule has 1 fully saturated rings. The van der Waals surface area contributed by atoms with Gasteiger partial charge in [0.15, 0.2) is 4.80 Å². The highest BCUT2D eigenvalue weighted by molar-refractivity contribution is 7.07. The molecule has 1 saturated heterocycles. The molecule has 1 N–H and O–H groups in total. The zero-order valence-electron chi connectivity index (χ0n) is 23.6. The summed E-state index contributed by atoms with van der Waals surface area (Å²) >= 11 is 1.37. The number of carbonyl (C=O) groups is 1. The van der Waals surface area contributed by atoms with Crippen molar-refractivity contribution in [1.29, 1.82) is 0 Å². The Balaban J connectivity index is 1.43. The van der Waals surface area contributed by atoms with Gasteiger partial charge in [0.05, 0.1) is 21.8 Å². The van der Waals surface area contributed by atoms with E-state index in [1.807, 2.05) is 55.5 Å². The molecule has 3 heterocycles. The lowest BCUT2D eigenvalue weighted by atomic mass is 9.93. The third-order valence-electron chi connectivity index (χ3n) is 7.88. The lowest BCUT2D eigenvalue weighted by Gasteiger charge is -2.25. The number of fused-ring (bicyclic) bond motifs is 1. The molecule has 7 heteroatoms. The van der Waals surface area contributed by atoms with Gasteiger partial charge in [-0.15, -0.1) is 0 Å². The molecule has 1 amide bonds. The maximum atomic E-state index is 14.0. The summed E-state index contributed by atoms with van der Waals surface area (Å²) in [5.41, 5.74) is 5.90. The number of anilines is 2. The minimum atomic E-state index is -0.587. The summed E-state index contributed by atoms with van der Waals surface area (Å²) in [6.45, 7) is 8.34. The molecule has 208 valence electrons.